The standard InChI is InChI=1S/C14H14N2O2S/c1-4-8(2)16-14(17)13-12(15)11-9(18-3)6-5-7-10(11)19-13/h1,5-8H,15H2,2-3H3,(H,16,17). The molecule has 1 amide bonds. The van der Waals surface area contributed by atoms with Gasteiger partial charge in [-0.05, 0) is 19.1 Å². The Labute approximate surface area is 115 Å². The van der Waals surface area contributed by atoms with Gasteiger partial charge in [-0.3, -0.25) is 4.79 Å². The van der Waals surface area contributed by atoms with E-state index in [4.69, 9.17) is 16.9 Å². The number of methoxy groups -OCH3 is 1. The number of ether oxygens (including phenoxy) is 1. The van der Waals surface area contributed by atoms with E-state index in [9.17, 15) is 4.79 Å². The molecule has 19 heavy (non-hydrogen) atoms. The van der Waals surface area contributed by atoms with Crippen molar-refractivity contribution in [2.24, 2.45) is 0 Å². The smallest absolute Gasteiger partial charge is 0.264 e. The number of nitrogens with one attached hydrogen (secondary N) is 1. The number of hydrogen-bond acceptors (Lipinski definition) is 4. The van der Waals surface area contributed by atoms with Gasteiger partial charge in [0.2, 0.25) is 0 Å². The lowest BCUT2D eigenvalue weighted by atomic mass is 10.2. The molecule has 1 aromatic carbocycles. The summed E-state index contributed by atoms with van der Waals surface area (Å²) < 4.78 is 6.18. The van der Waals surface area contributed by atoms with E-state index in [0.29, 0.717) is 16.3 Å². The molecule has 4 nitrogen and oxygen atoms in total. The summed E-state index contributed by atoms with van der Waals surface area (Å²) in [5.41, 5.74) is 6.48. The number of fused-ring (bicyclic) bond motifs is 1. The molecule has 1 unspecified atom stereocenters. The van der Waals surface area contributed by atoms with Crippen molar-refractivity contribution in [2.45, 2.75) is 13.0 Å². The average molecular weight is 274 g/mol. The number of thiophene rings is 1. The maximum atomic E-state index is 12.1. The second-order valence-corrected chi connectivity index (χ2v) is 5.09. The van der Waals surface area contributed by atoms with E-state index in [1.54, 1.807) is 14.0 Å². The summed E-state index contributed by atoms with van der Waals surface area (Å²) in [6.45, 7) is 1.74. The Hall–Kier alpha value is -2.19. The number of hydrogen-bond donors (Lipinski definition) is 2. The molecule has 0 saturated heterocycles. The van der Waals surface area contributed by atoms with Gasteiger partial charge in [0.05, 0.1) is 24.2 Å². The van der Waals surface area contributed by atoms with Crippen molar-refractivity contribution in [1.29, 1.82) is 0 Å². The number of benzene rings is 1. The van der Waals surface area contributed by atoms with Gasteiger partial charge < -0.3 is 15.8 Å². The first-order chi connectivity index (χ1) is 9.08. The summed E-state index contributed by atoms with van der Waals surface area (Å²) in [7, 11) is 1.58. The van der Waals surface area contributed by atoms with E-state index < -0.39 is 0 Å². The lowest BCUT2D eigenvalue weighted by Crippen LogP contribution is -2.31. The first-order valence-corrected chi connectivity index (χ1v) is 6.52. The zero-order valence-corrected chi connectivity index (χ0v) is 11.5. The van der Waals surface area contributed by atoms with Crippen LogP contribution in [-0.2, 0) is 0 Å². The summed E-state index contributed by atoms with van der Waals surface area (Å²) in [6, 6.07) is 5.25. The normalized spacial score (nSPS) is 11.8. The van der Waals surface area contributed by atoms with Crippen LogP contribution in [0.3, 0.4) is 0 Å². The topological polar surface area (TPSA) is 64.3 Å². The summed E-state index contributed by atoms with van der Waals surface area (Å²) in [6.07, 6.45) is 5.24. The maximum Gasteiger partial charge on any atom is 0.264 e. The molecule has 0 aliphatic carbocycles. The second kappa shape index (κ2) is 5.21. The molecule has 0 radical (unpaired) electrons. The SMILES string of the molecule is C#CC(C)NC(=O)c1sc2cccc(OC)c2c1N. The summed E-state index contributed by atoms with van der Waals surface area (Å²) in [4.78, 5) is 12.5. The summed E-state index contributed by atoms with van der Waals surface area (Å²) in [5, 5.41) is 3.47. The number of nitrogen functional groups attached to an aromatic ring is 1. The molecule has 2 aromatic rings. The fraction of sp³-hybridized carbons (Fsp3) is 0.214. The molecular weight excluding hydrogens is 260 g/mol. The number of amides is 1. The Kier molecular flexibility index (Phi) is 3.63. The van der Waals surface area contributed by atoms with Crippen LogP contribution >= 0.6 is 11.3 Å². The van der Waals surface area contributed by atoms with Crippen LogP contribution in [0.4, 0.5) is 5.69 Å². The van der Waals surface area contributed by atoms with Gasteiger partial charge in [0, 0.05) is 4.70 Å². The molecule has 1 heterocycles. The second-order valence-electron chi connectivity index (χ2n) is 4.04. The van der Waals surface area contributed by atoms with Gasteiger partial charge in [-0.2, -0.15) is 0 Å². The van der Waals surface area contributed by atoms with Crippen LogP contribution in [0.25, 0.3) is 10.1 Å². The van der Waals surface area contributed by atoms with Crippen LogP contribution < -0.4 is 15.8 Å². The highest BCUT2D eigenvalue weighted by Crippen LogP contribution is 2.39. The number of carbonyl (C=O) groups is 1. The van der Waals surface area contributed by atoms with Crippen molar-refractivity contribution in [1.82, 2.24) is 5.32 Å². The molecule has 0 aliphatic rings. The van der Waals surface area contributed by atoms with Gasteiger partial charge in [0.15, 0.2) is 0 Å². The van der Waals surface area contributed by atoms with Gasteiger partial charge in [0.25, 0.3) is 5.91 Å². The Morgan fingerprint density at radius 2 is 2.32 bits per heavy atom. The van der Waals surface area contributed by atoms with Crippen molar-refractivity contribution < 1.29 is 9.53 Å². The van der Waals surface area contributed by atoms with Crippen LogP contribution in [-0.4, -0.2) is 19.1 Å². The highest BCUT2D eigenvalue weighted by molar-refractivity contribution is 7.21. The maximum absolute atomic E-state index is 12.1. The molecule has 0 bridgehead atoms. The number of rotatable bonds is 3. The Balaban J connectivity index is 2.49. The first kappa shape index (κ1) is 13.2. The van der Waals surface area contributed by atoms with Gasteiger partial charge in [-0.25, -0.2) is 0 Å². The van der Waals surface area contributed by atoms with Crippen LogP contribution in [0.5, 0.6) is 5.75 Å². The van der Waals surface area contributed by atoms with Gasteiger partial charge >= 0.3 is 0 Å². The summed E-state index contributed by atoms with van der Waals surface area (Å²) in [5.74, 6) is 2.85. The molecular formula is C14H14N2O2S. The predicted molar refractivity (Wildman–Crippen MR) is 78.6 cm³/mol. The van der Waals surface area contributed by atoms with Crippen molar-refractivity contribution in [3.8, 4) is 18.1 Å². The van der Waals surface area contributed by atoms with Gasteiger partial charge in [-0.1, -0.05) is 12.0 Å². The molecule has 2 rings (SSSR count). The summed E-state index contributed by atoms with van der Waals surface area (Å²) >= 11 is 1.33. The average Bonchev–Trinajstić information content (AvgIpc) is 2.76. The zero-order chi connectivity index (χ0) is 14.0. The lowest BCUT2D eigenvalue weighted by Gasteiger charge is -2.06. The third kappa shape index (κ3) is 2.35. The van der Waals surface area contributed by atoms with E-state index in [-0.39, 0.29) is 11.9 Å². The molecule has 0 fully saturated rings. The Morgan fingerprint density at radius 3 is 2.95 bits per heavy atom. The minimum Gasteiger partial charge on any atom is -0.496 e. The van der Waals surface area contributed by atoms with Crippen LogP contribution in [0, 0.1) is 12.3 Å². The van der Waals surface area contributed by atoms with E-state index in [0.717, 1.165) is 10.1 Å². The van der Waals surface area contributed by atoms with E-state index in [1.807, 2.05) is 18.2 Å². The number of nitrogens with two attached hydrogens (primary N) is 1. The molecule has 1 atom stereocenters. The van der Waals surface area contributed by atoms with Crippen LogP contribution in [0.2, 0.25) is 0 Å². The van der Waals surface area contributed by atoms with Crippen molar-refractivity contribution in [2.75, 3.05) is 12.8 Å². The Bertz CT molecular complexity index is 670. The molecule has 0 saturated carbocycles. The van der Waals surface area contributed by atoms with Crippen LogP contribution in [0.15, 0.2) is 18.2 Å². The lowest BCUT2D eigenvalue weighted by molar-refractivity contribution is 0.0953. The molecule has 0 spiro atoms. The highest BCUT2D eigenvalue weighted by atomic mass is 32.1. The van der Waals surface area contributed by atoms with Gasteiger partial charge in [0.1, 0.15) is 10.6 Å². The molecule has 1 aromatic heterocycles. The van der Waals surface area contributed by atoms with E-state index in [1.165, 1.54) is 11.3 Å². The monoisotopic (exact) mass is 274 g/mol. The number of anilines is 1. The minimum atomic E-state index is -0.334. The third-order valence-corrected chi connectivity index (χ3v) is 3.91. The number of terminal acetylenes is 1. The molecule has 5 heteroatoms. The molecule has 3 N–H and O–H groups in total. The van der Waals surface area contributed by atoms with Gasteiger partial charge in [-0.15, -0.1) is 17.8 Å². The van der Waals surface area contributed by atoms with Crippen molar-refractivity contribution in [3.05, 3.63) is 23.1 Å². The fourth-order valence-corrected chi connectivity index (χ4v) is 2.83. The van der Waals surface area contributed by atoms with Crippen LogP contribution in [0.1, 0.15) is 16.6 Å². The van der Waals surface area contributed by atoms with Crippen molar-refractivity contribution >= 4 is 33.0 Å². The zero-order valence-electron chi connectivity index (χ0n) is 10.7. The highest BCUT2D eigenvalue weighted by Gasteiger charge is 2.19. The van der Waals surface area contributed by atoms with E-state index >= 15 is 0 Å². The minimum absolute atomic E-state index is 0.258. The van der Waals surface area contributed by atoms with E-state index in [2.05, 4.69) is 11.2 Å². The first-order valence-electron chi connectivity index (χ1n) is 5.70. The Morgan fingerprint density at radius 1 is 1.58 bits per heavy atom. The number of carbonyl (C=O) groups excluding carboxylic acids is 1. The fourth-order valence-electron chi connectivity index (χ4n) is 1.78. The molecule has 0 aliphatic heterocycles. The predicted octanol–water partition coefficient (Wildman–Crippen LogP) is 2.24. The largest absolute Gasteiger partial charge is 0.496 e. The molecule has 98 valence electrons. The quantitative estimate of drug-likeness (QED) is 0.844. The third-order valence-electron chi connectivity index (χ3n) is 2.74. The van der Waals surface area contributed by atoms with Crippen molar-refractivity contribution in [3.63, 3.8) is 0 Å².